The molecule has 2 rings (SSSR count). The van der Waals surface area contributed by atoms with Crippen molar-refractivity contribution >= 4 is 17.9 Å². The molecule has 1 N–H and O–H groups in total. The summed E-state index contributed by atoms with van der Waals surface area (Å²) < 4.78 is 12.8. The maximum Gasteiger partial charge on any atom is 0.167 e. The van der Waals surface area contributed by atoms with E-state index in [2.05, 4.69) is 9.97 Å². The Morgan fingerprint density at radius 1 is 1.50 bits per heavy atom. The summed E-state index contributed by atoms with van der Waals surface area (Å²) >= 11 is 5.87. The second kappa shape index (κ2) is 4.45. The predicted octanol–water partition coefficient (Wildman–Crippen LogP) is 2.61. The molecule has 0 saturated carbocycles. The van der Waals surface area contributed by atoms with Gasteiger partial charge in [-0.1, -0.05) is 17.7 Å². The summed E-state index contributed by atoms with van der Waals surface area (Å²) in [5.41, 5.74) is 1.17. The van der Waals surface area contributed by atoms with E-state index >= 15 is 0 Å². The van der Waals surface area contributed by atoms with Gasteiger partial charge in [-0.25, -0.2) is 9.37 Å². The number of nitrogens with zero attached hydrogens (tertiary/aromatic N) is 1. The third kappa shape index (κ3) is 2.28. The van der Waals surface area contributed by atoms with Gasteiger partial charge >= 0.3 is 0 Å². The average molecular weight is 239 g/mol. The van der Waals surface area contributed by atoms with Crippen molar-refractivity contribution in [3.8, 4) is 0 Å². The molecule has 0 fully saturated rings. The second-order valence-corrected chi connectivity index (χ2v) is 3.72. The molecule has 16 heavy (non-hydrogen) atoms. The Labute approximate surface area is 96.3 Å². The highest BCUT2D eigenvalue weighted by atomic mass is 35.5. The van der Waals surface area contributed by atoms with Gasteiger partial charge in [-0.3, -0.25) is 4.79 Å². The third-order valence-electron chi connectivity index (χ3n) is 2.15. The van der Waals surface area contributed by atoms with Crippen molar-refractivity contribution in [2.45, 2.75) is 6.42 Å². The molecule has 2 aromatic rings. The molecular formula is C11H8ClFN2O. The average Bonchev–Trinajstić information content (AvgIpc) is 2.70. The van der Waals surface area contributed by atoms with Crippen LogP contribution < -0.4 is 0 Å². The van der Waals surface area contributed by atoms with Crippen molar-refractivity contribution in [2.24, 2.45) is 0 Å². The number of hydrogen-bond donors (Lipinski definition) is 1. The van der Waals surface area contributed by atoms with Crippen LogP contribution in [0, 0.1) is 5.82 Å². The summed E-state index contributed by atoms with van der Waals surface area (Å²) in [5, 5.41) is 0.351. The summed E-state index contributed by atoms with van der Waals surface area (Å²) in [5.74, 6) is 0.248. The number of aromatic amines is 1. The number of carbonyl (C=O) groups excluding carboxylic acids is 1. The molecule has 0 unspecified atom stereocenters. The molecule has 0 saturated heterocycles. The Kier molecular flexibility index (Phi) is 3.01. The molecule has 5 heteroatoms. The summed E-state index contributed by atoms with van der Waals surface area (Å²) in [6, 6.07) is 4.19. The fourth-order valence-corrected chi connectivity index (χ4v) is 1.61. The summed E-state index contributed by atoms with van der Waals surface area (Å²) in [7, 11) is 0. The minimum Gasteiger partial charge on any atom is -0.340 e. The van der Waals surface area contributed by atoms with E-state index in [0.29, 0.717) is 29.2 Å². The van der Waals surface area contributed by atoms with Crippen LogP contribution in [0.15, 0.2) is 24.4 Å². The van der Waals surface area contributed by atoms with Crippen LogP contribution in [-0.2, 0) is 6.42 Å². The van der Waals surface area contributed by atoms with Crippen molar-refractivity contribution in [2.75, 3.05) is 0 Å². The number of nitrogens with one attached hydrogen (secondary N) is 1. The Morgan fingerprint density at radius 2 is 2.31 bits per heavy atom. The molecule has 82 valence electrons. The molecular weight excluding hydrogens is 231 g/mol. The van der Waals surface area contributed by atoms with Crippen LogP contribution in [0.5, 0.6) is 0 Å². The zero-order valence-electron chi connectivity index (χ0n) is 8.21. The van der Waals surface area contributed by atoms with Crippen LogP contribution in [0.4, 0.5) is 4.39 Å². The first-order chi connectivity index (χ1) is 7.69. The van der Waals surface area contributed by atoms with Gasteiger partial charge in [0.25, 0.3) is 0 Å². The van der Waals surface area contributed by atoms with Crippen LogP contribution in [0.3, 0.4) is 0 Å². The Hall–Kier alpha value is -1.68. The first-order valence-electron chi connectivity index (χ1n) is 4.62. The molecule has 1 aromatic heterocycles. The highest BCUT2D eigenvalue weighted by molar-refractivity contribution is 6.31. The van der Waals surface area contributed by atoms with Crippen molar-refractivity contribution in [3.05, 3.63) is 52.3 Å². The number of imidazole rings is 1. The van der Waals surface area contributed by atoms with Crippen molar-refractivity contribution in [1.82, 2.24) is 9.97 Å². The lowest BCUT2D eigenvalue weighted by atomic mass is 10.1. The van der Waals surface area contributed by atoms with Gasteiger partial charge in [0.15, 0.2) is 6.29 Å². The van der Waals surface area contributed by atoms with Crippen LogP contribution in [0.25, 0.3) is 0 Å². The van der Waals surface area contributed by atoms with E-state index < -0.39 is 0 Å². The standard InChI is InChI=1S/C11H8ClFN2O/c12-10-4-8(13)2-1-7(10)3-11-14-5-9(6-16)15-11/h1-2,4-6H,3H2,(H,14,15). The van der Waals surface area contributed by atoms with Gasteiger partial charge in [-0.15, -0.1) is 0 Å². The molecule has 0 aliphatic rings. The second-order valence-electron chi connectivity index (χ2n) is 3.32. The smallest absolute Gasteiger partial charge is 0.167 e. The van der Waals surface area contributed by atoms with Gasteiger partial charge in [0.05, 0.1) is 11.9 Å². The lowest BCUT2D eigenvalue weighted by molar-refractivity contribution is 0.111. The van der Waals surface area contributed by atoms with E-state index in [1.54, 1.807) is 6.07 Å². The van der Waals surface area contributed by atoms with Crippen LogP contribution >= 0.6 is 11.6 Å². The number of carbonyl (C=O) groups is 1. The molecule has 0 spiro atoms. The Balaban J connectivity index is 2.23. The number of rotatable bonds is 3. The Bertz CT molecular complexity index is 524. The summed E-state index contributed by atoms with van der Waals surface area (Å²) in [6.45, 7) is 0. The zero-order valence-corrected chi connectivity index (χ0v) is 8.96. The van der Waals surface area contributed by atoms with Gasteiger partial charge in [0, 0.05) is 11.4 Å². The van der Waals surface area contributed by atoms with Crippen molar-refractivity contribution in [1.29, 1.82) is 0 Å². The van der Waals surface area contributed by atoms with Crippen molar-refractivity contribution < 1.29 is 9.18 Å². The third-order valence-corrected chi connectivity index (χ3v) is 2.50. The lowest BCUT2D eigenvalue weighted by Gasteiger charge is -2.01. The first-order valence-corrected chi connectivity index (χ1v) is 5.00. The SMILES string of the molecule is O=Cc1cnc(Cc2ccc(F)cc2Cl)[nH]1. The Morgan fingerprint density at radius 3 is 2.94 bits per heavy atom. The predicted molar refractivity (Wildman–Crippen MR) is 58.2 cm³/mol. The molecule has 0 aliphatic heterocycles. The van der Waals surface area contributed by atoms with Gasteiger partial charge in [-0.05, 0) is 17.7 Å². The number of hydrogen-bond acceptors (Lipinski definition) is 2. The van der Waals surface area contributed by atoms with E-state index in [1.807, 2.05) is 0 Å². The van der Waals surface area contributed by atoms with Gasteiger partial charge in [0.1, 0.15) is 11.6 Å². The van der Waals surface area contributed by atoms with Crippen LogP contribution in [0.1, 0.15) is 21.9 Å². The van der Waals surface area contributed by atoms with Crippen molar-refractivity contribution in [3.63, 3.8) is 0 Å². The van der Waals surface area contributed by atoms with E-state index in [9.17, 15) is 9.18 Å². The quantitative estimate of drug-likeness (QED) is 0.836. The molecule has 3 nitrogen and oxygen atoms in total. The van der Waals surface area contributed by atoms with Gasteiger partial charge in [0.2, 0.25) is 0 Å². The monoisotopic (exact) mass is 238 g/mol. The van der Waals surface area contributed by atoms with E-state index in [-0.39, 0.29) is 5.82 Å². The summed E-state index contributed by atoms with van der Waals surface area (Å²) in [6.07, 6.45) is 2.56. The zero-order chi connectivity index (χ0) is 11.5. The normalized spacial score (nSPS) is 10.4. The topological polar surface area (TPSA) is 45.8 Å². The highest BCUT2D eigenvalue weighted by Crippen LogP contribution is 2.19. The number of benzene rings is 1. The van der Waals surface area contributed by atoms with Crippen LogP contribution in [-0.4, -0.2) is 16.3 Å². The highest BCUT2D eigenvalue weighted by Gasteiger charge is 2.06. The van der Waals surface area contributed by atoms with E-state index in [0.717, 1.165) is 5.56 Å². The minimum atomic E-state index is -0.373. The number of aldehydes is 1. The molecule has 0 amide bonds. The first kappa shape index (κ1) is 10.8. The van der Waals surface area contributed by atoms with Gasteiger partial charge < -0.3 is 4.98 Å². The number of halogens is 2. The number of aromatic nitrogens is 2. The fourth-order valence-electron chi connectivity index (χ4n) is 1.37. The largest absolute Gasteiger partial charge is 0.340 e. The molecule has 0 atom stereocenters. The maximum absolute atomic E-state index is 12.8. The summed E-state index contributed by atoms with van der Waals surface area (Å²) in [4.78, 5) is 17.3. The minimum absolute atomic E-state index is 0.351. The van der Waals surface area contributed by atoms with Crippen LogP contribution in [0.2, 0.25) is 5.02 Å². The number of H-pyrrole nitrogens is 1. The molecule has 1 aromatic carbocycles. The molecule has 0 bridgehead atoms. The molecule has 0 radical (unpaired) electrons. The van der Waals surface area contributed by atoms with Gasteiger partial charge in [-0.2, -0.15) is 0 Å². The molecule has 1 heterocycles. The fraction of sp³-hybridized carbons (Fsp3) is 0.0909. The van der Waals surface area contributed by atoms with E-state index in [1.165, 1.54) is 18.3 Å². The molecule has 0 aliphatic carbocycles. The lowest BCUT2D eigenvalue weighted by Crippen LogP contribution is -1.93. The van der Waals surface area contributed by atoms with E-state index in [4.69, 9.17) is 11.6 Å². The maximum atomic E-state index is 12.8.